The van der Waals surface area contributed by atoms with E-state index in [-0.39, 0.29) is 6.61 Å². The first kappa shape index (κ1) is 16.4. The summed E-state index contributed by atoms with van der Waals surface area (Å²) in [5.74, 6) is -2.16. The lowest BCUT2D eigenvalue weighted by molar-refractivity contribution is -0.171. The molecule has 0 heterocycles. The molecule has 0 N–H and O–H groups in total. The summed E-state index contributed by atoms with van der Waals surface area (Å²) < 4.78 is 14.5. The highest BCUT2D eigenvalue weighted by Gasteiger charge is 2.15. The van der Waals surface area contributed by atoms with Crippen LogP contribution in [0.2, 0.25) is 6.04 Å². The van der Waals surface area contributed by atoms with Gasteiger partial charge in [-0.3, -0.25) is 9.59 Å². The molecule has 0 atom stereocenters. The molecular formula is C11H18O6Si. The van der Waals surface area contributed by atoms with Crippen LogP contribution in [-0.4, -0.2) is 39.9 Å². The smallest absolute Gasteiger partial charge is 0.330 e. The fourth-order valence-electron chi connectivity index (χ4n) is 1.16. The quantitative estimate of drug-likeness (QED) is 0.205. The lowest BCUT2D eigenvalue weighted by atomic mass is 10.5. The average molecular weight is 274 g/mol. The van der Waals surface area contributed by atoms with Crippen LogP contribution >= 0.6 is 0 Å². The zero-order chi connectivity index (χ0) is 14.0. The molecule has 0 aliphatic carbocycles. The molecule has 0 aliphatic heterocycles. The Morgan fingerprint density at radius 3 is 2.22 bits per heavy atom. The van der Waals surface area contributed by atoms with E-state index in [0.717, 1.165) is 12.1 Å². The van der Waals surface area contributed by atoms with Gasteiger partial charge in [0.1, 0.15) is 9.52 Å². The average Bonchev–Trinajstić information content (AvgIpc) is 2.26. The van der Waals surface area contributed by atoms with Crippen molar-refractivity contribution in [2.24, 2.45) is 0 Å². The highest BCUT2D eigenvalue weighted by atomic mass is 28.2. The minimum absolute atomic E-state index is 0.282. The third-order valence-corrected chi connectivity index (χ3v) is 3.55. The molecule has 0 fully saturated rings. The minimum atomic E-state index is -0.915. The van der Waals surface area contributed by atoms with E-state index >= 15 is 0 Å². The van der Waals surface area contributed by atoms with E-state index in [0.29, 0.717) is 6.42 Å². The molecule has 0 aromatic carbocycles. The molecule has 0 unspecified atom stereocenters. The van der Waals surface area contributed by atoms with Crippen molar-refractivity contribution < 1.29 is 28.6 Å². The van der Waals surface area contributed by atoms with Gasteiger partial charge in [0.25, 0.3) is 0 Å². The van der Waals surface area contributed by atoms with Crippen molar-refractivity contribution in [3.05, 3.63) is 12.7 Å². The van der Waals surface area contributed by atoms with Gasteiger partial charge in [0.2, 0.25) is 5.91 Å². The summed E-state index contributed by atoms with van der Waals surface area (Å²) in [5, 5.41) is 0. The van der Waals surface area contributed by atoms with Gasteiger partial charge < -0.3 is 14.2 Å². The number of rotatable bonds is 8. The van der Waals surface area contributed by atoms with Crippen LogP contribution in [0.3, 0.4) is 0 Å². The lowest BCUT2D eigenvalue weighted by Gasteiger charge is -2.16. The van der Waals surface area contributed by atoms with Gasteiger partial charge in [-0.1, -0.05) is 12.6 Å². The maximum Gasteiger partial charge on any atom is 0.330 e. The minimum Gasteiger partial charge on any atom is -0.463 e. The van der Waals surface area contributed by atoms with Crippen molar-refractivity contribution in [2.45, 2.75) is 32.2 Å². The van der Waals surface area contributed by atoms with Gasteiger partial charge in [0, 0.05) is 19.9 Å². The van der Waals surface area contributed by atoms with Crippen molar-refractivity contribution in [1.82, 2.24) is 0 Å². The highest BCUT2D eigenvalue weighted by Crippen LogP contribution is 2.01. The van der Waals surface area contributed by atoms with Crippen LogP contribution in [0, 0.1) is 0 Å². The first-order valence-electron chi connectivity index (χ1n) is 5.59. The second-order valence-corrected chi connectivity index (χ2v) is 5.47. The number of esters is 3. The van der Waals surface area contributed by atoms with E-state index in [9.17, 15) is 14.4 Å². The molecule has 0 saturated carbocycles. The second-order valence-electron chi connectivity index (χ2n) is 3.52. The second kappa shape index (κ2) is 9.40. The normalized spacial score (nSPS) is 10.4. The van der Waals surface area contributed by atoms with E-state index in [1.807, 2.05) is 0 Å². The number of hydrogen-bond donors (Lipinski definition) is 0. The van der Waals surface area contributed by atoms with Gasteiger partial charge >= 0.3 is 17.9 Å². The van der Waals surface area contributed by atoms with Gasteiger partial charge in [-0.25, -0.2) is 4.79 Å². The van der Waals surface area contributed by atoms with Gasteiger partial charge in [-0.05, 0) is 6.42 Å². The SMILES string of the molecule is C=CC(=O)OCCC[SiH2]C(OC(C)=O)OC(C)=O. The molecule has 7 heteroatoms. The zero-order valence-electron chi connectivity index (χ0n) is 10.6. The first-order valence-corrected chi connectivity index (χ1v) is 7.41. The lowest BCUT2D eigenvalue weighted by Crippen LogP contribution is -2.28. The molecule has 18 heavy (non-hydrogen) atoms. The van der Waals surface area contributed by atoms with Crippen LogP contribution in [0.5, 0.6) is 0 Å². The summed E-state index contributed by atoms with van der Waals surface area (Å²) in [6.45, 7) is 6.08. The molecule has 0 aromatic rings. The van der Waals surface area contributed by atoms with E-state index in [1.54, 1.807) is 0 Å². The molecule has 0 bridgehead atoms. The Bertz CT molecular complexity index is 299. The van der Waals surface area contributed by atoms with E-state index < -0.39 is 33.3 Å². The largest absolute Gasteiger partial charge is 0.463 e. The van der Waals surface area contributed by atoms with Crippen molar-refractivity contribution in [2.75, 3.05) is 6.61 Å². The summed E-state index contributed by atoms with van der Waals surface area (Å²) in [6, 6.07) is 0.732. The van der Waals surface area contributed by atoms with E-state index in [2.05, 4.69) is 6.58 Å². The Morgan fingerprint density at radius 2 is 1.78 bits per heavy atom. The van der Waals surface area contributed by atoms with Gasteiger partial charge in [-0.15, -0.1) is 0 Å². The topological polar surface area (TPSA) is 78.9 Å². The van der Waals surface area contributed by atoms with Crippen LogP contribution < -0.4 is 0 Å². The molecule has 0 aromatic heterocycles. The number of ether oxygens (including phenoxy) is 3. The highest BCUT2D eigenvalue weighted by molar-refractivity contribution is 6.37. The van der Waals surface area contributed by atoms with Gasteiger partial charge in [0.05, 0.1) is 6.61 Å². The standard InChI is InChI=1S/C11H18O6Si/c1-4-10(14)15-6-5-7-18-11(16-8(2)12)17-9(3)13/h4,11H,1,5-7,18H2,2-3H3. The van der Waals surface area contributed by atoms with Crippen LogP contribution in [-0.2, 0) is 28.6 Å². The van der Waals surface area contributed by atoms with Crippen LogP contribution in [0.1, 0.15) is 20.3 Å². The molecule has 0 amide bonds. The Morgan fingerprint density at radius 1 is 1.22 bits per heavy atom. The summed E-state index contributed by atoms with van der Waals surface area (Å²) in [6.07, 6.45) is 1.74. The molecule has 102 valence electrons. The molecule has 0 rings (SSSR count). The first-order chi connectivity index (χ1) is 8.45. The monoisotopic (exact) mass is 274 g/mol. The number of carbonyl (C=O) groups excluding carboxylic acids is 3. The molecule has 0 saturated heterocycles. The summed E-state index contributed by atoms with van der Waals surface area (Å²) in [7, 11) is -0.915. The van der Waals surface area contributed by atoms with Crippen molar-refractivity contribution in [3.63, 3.8) is 0 Å². The van der Waals surface area contributed by atoms with Crippen LogP contribution in [0.25, 0.3) is 0 Å². The number of carbonyl (C=O) groups is 3. The predicted octanol–water partition coefficient (Wildman–Crippen LogP) is 0.103. The van der Waals surface area contributed by atoms with Crippen molar-refractivity contribution >= 4 is 27.4 Å². The Hall–Kier alpha value is -1.63. The predicted molar refractivity (Wildman–Crippen MR) is 66.4 cm³/mol. The van der Waals surface area contributed by atoms with E-state index in [4.69, 9.17) is 14.2 Å². The van der Waals surface area contributed by atoms with Gasteiger partial charge in [-0.2, -0.15) is 0 Å². The molecule has 0 radical (unpaired) electrons. The number of hydrogen-bond acceptors (Lipinski definition) is 6. The Labute approximate surface area is 108 Å². The third kappa shape index (κ3) is 9.58. The summed E-state index contributed by atoms with van der Waals surface area (Å²) in [5.41, 5.74) is 0. The molecule has 0 aliphatic rings. The maximum atomic E-state index is 10.8. The molecular weight excluding hydrogens is 256 g/mol. The van der Waals surface area contributed by atoms with Crippen LogP contribution in [0.15, 0.2) is 12.7 Å². The summed E-state index contributed by atoms with van der Waals surface area (Å²) >= 11 is 0. The third-order valence-electron chi connectivity index (χ3n) is 1.84. The van der Waals surface area contributed by atoms with E-state index in [1.165, 1.54) is 13.8 Å². The van der Waals surface area contributed by atoms with Crippen molar-refractivity contribution in [3.8, 4) is 0 Å². The van der Waals surface area contributed by atoms with Crippen LogP contribution in [0.4, 0.5) is 0 Å². The van der Waals surface area contributed by atoms with Gasteiger partial charge in [0.15, 0.2) is 0 Å². The zero-order valence-corrected chi connectivity index (χ0v) is 12.1. The molecule has 6 nitrogen and oxygen atoms in total. The maximum absolute atomic E-state index is 10.8. The Balaban J connectivity index is 3.81. The fourth-order valence-corrected chi connectivity index (χ4v) is 2.69. The fraction of sp³-hybridized carbons (Fsp3) is 0.545. The molecule has 0 spiro atoms. The Kier molecular flexibility index (Phi) is 8.55. The van der Waals surface area contributed by atoms with Crippen molar-refractivity contribution in [1.29, 1.82) is 0 Å². The summed E-state index contributed by atoms with van der Waals surface area (Å²) in [4.78, 5) is 32.3.